The summed E-state index contributed by atoms with van der Waals surface area (Å²) in [6.45, 7) is 0. The number of esters is 1. The molecule has 2 atom stereocenters. The molecule has 0 spiro atoms. The van der Waals surface area contributed by atoms with E-state index in [4.69, 9.17) is 9.47 Å². The third kappa shape index (κ3) is 5.39. The van der Waals surface area contributed by atoms with Crippen molar-refractivity contribution in [3.63, 3.8) is 0 Å². The molecule has 41 heavy (non-hydrogen) atoms. The first-order valence-electron chi connectivity index (χ1n) is 13.6. The van der Waals surface area contributed by atoms with Crippen molar-refractivity contribution in [2.75, 3.05) is 0 Å². The van der Waals surface area contributed by atoms with E-state index in [1.807, 2.05) is 140 Å². The minimum Gasteiger partial charge on any atom is -0.485 e. The van der Waals surface area contributed by atoms with Crippen molar-refractivity contribution < 1.29 is 18.8 Å². The summed E-state index contributed by atoms with van der Waals surface area (Å²) in [6, 6.07) is 47.5. The lowest BCUT2D eigenvalue weighted by molar-refractivity contribution is -0.0131. The zero-order chi connectivity index (χ0) is 28.1. The Hall–Kier alpha value is -4.66. The first kappa shape index (κ1) is 26.6. The summed E-state index contributed by atoms with van der Waals surface area (Å²) in [6.07, 6.45) is -0.983. The van der Waals surface area contributed by atoms with Crippen molar-refractivity contribution in [2.24, 2.45) is 0 Å². The normalized spacial score (nSPS) is 15.7. The summed E-state index contributed by atoms with van der Waals surface area (Å²) in [4.78, 5) is 13.3. The zero-order valence-corrected chi connectivity index (χ0v) is 23.3. The molecule has 0 saturated heterocycles. The number of hydrogen-bond acceptors (Lipinski definition) is 4. The average Bonchev–Trinajstić information content (AvgIpc) is 3.51. The molecule has 0 bridgehead atoms. The molecule has 0 saturated carbocycles. The van der Waals surface area contributed by atoms with Gasteiger partial charge in [-0.05, 0) is 17.7 Å². The third-order valence-electron chi connectivity index (χ3n) is 7.29. The maximum absolute atomic E-state index is 15.5. The van der Waals surface area contributed by atoms with Gasteiger partial charge < -0.3 is 14.0 Å². The van der Waals surface area contributed by atoms with Crippen molar-refractivity contribution in [3.05, 3.63) is 174 Å². The molecule has 1 heterocycles. The van der Waals surface area contributed by atoms with Gasteiger partial charge in [0.15, 0.2) is 13.2 Å². The van der Waals surface area contributed by atoms with Crippen molar-refractivity contribution in [2.45, 2.75) is 18.6 Å². The maximum Gasteiger partial charge on any atom is 0.338 e. The molecular formula is C36H29O4P. The second-order valence-corrected chi connectivity index (χ2v) is 12.7. The fourth-order valence-electron chi connectivity index (χ4n) is 5.30. The van der Waals surface area contributed by atoms with E-state index in [2.05, 4.69) is 0 Å². The molecular weight excluding hydrogens is 527 g/mol. The first-order chi connectivity index (χ1) is 20.1. The second kappa shape index (κ2) is 11.8. The molecule has 1 aliphatic rings. The van der Waals surface area contributed by atoms with Gasteiger partial charge >= 0.3 is 5.97 Å². The molecule has 5 heteroatoms. The number of benzene rings is 5. The lowest BCUT2D eigenvalue weighted by Gasteiger charge is -2.25. The van der Waals surface area contributed by atoms with E-state index >= 15 is 4.57 Å². The summed E-state index contributed by atoms with van der Waals surface area (Å²) >= 11 is 0. The summed E-state index contributed by atoms with van der Waals surface area (Å²) in [5.41, 5.74) is 2.10. The van der Waals surface area contributed by atoms with Crippen LogP contribution in [0.3, 0.4) is 0 Å². The number of rotatable bonds is 8. The van der Waals surface area contributed by atoms with Crippen molar-refractivity contribution >= 4 is 29.5 Å². The van der Waals surface area contributed by atoms with Gasteiger partial charge in [0.25, 0.3) is 0 Å². The van der Waals surface area contributed by atoms with Gasteiger partial charge in [-0.25, -0.2) is 4.79 Å². The molecule has 5 aromatic carbocycles. The fourth-order valence-corrected chi connectivity index (χ4v) is 8.31. The summed E-state index contributed by atoms with van der Waals surface area (Å²) < 4.78 is 28.4. The Labute approximate surface area is 240 Å². The Balaban J connectivity index is 1.48. The molecule has 0 amide bonds. The molecule has 202 valence electrons. The van der Waals surface area contributed by atoms with Gasteiger partial charge in [-0.2, -0.15) is 0 Å². The Morgan fingerprint density at radius 1 is 0.659 bits per heavy atom. The Bertz CT molecular complexity index is 1640. The highest BCUT2D eigenvalue weighted by molar-refractivity contribution is 7.82. The molecule has 5 aromatic rings. The minimum absolute atomic E-state index is 0.326. The Morgan fingerprint density at radius 2 is 1.12 bits per heavy atom. The standard InChI is InChI=1S/C36H29O4P/c37-36(29-20-10-3-11-21-29)40-34(27-16-6-1-7-17-27)32-26-33(35(39-32)28-18-8-2-9-19-28)41(38,30-22-12-4-13-23-30)31-24-14-5-15-25-31/h1-25,32,34H,26H2/t32-,34-/m0/s1. The number of carbonyl (C=O) groups excluding carboxylic acids is 1. The second-order valence-electron chi connectivity index (χ2n) is 9.89. The van der Waals surface area contributed by atoms with Gasteiger partial charge in [-0.3, -0.25) is 0 Å². The fraction of sp³-hybridized carbons (Fsp3) is 0.0833. The third-order valence-corrected chi connectivity index (χ3v) is 10.5. The molecule has 0 radical (unpaired) electrons. The highest BCUT2D eigenvalue weighted by Crippen LogP contribution is 2.60. The lowest BCUT2D eigenvalue weighted by atomic mass is 10.0. The average molecular weight is 557 g/mol. The van der Waals surface area contributed by atoms with Crippen LogP contribution in [0.2, 0.25) is 0 Å². The van der Waals surface area contributed by atoms with E-state index in [1.165, 1.54) is 0 Å². The monoisotopic (exact) mass is 556 g/mol. The Kier molecular flexibility index (Phi) is 7.67. The van der Waals surface area contributed by atoms with Crippen LogP contribution in [0.1, 0.15) is 34.0 Å². The highest BCUT2D eigenvalue weighted by atomic mass is 31.2. The molecule has 0 N–H and O–H groups in total. The van der Waals surface area contributed by atoms with Gasteiger partial charge in [-0.15, -0.1) is 0 Å². The van der Waals surface area contributed by atoms with Crippen molar-refractivity contribution in [1.29, 1.82) is 0 Å². The van der Waals surface area contributed by atoms with E-state index in [9.17, 15) is 4.79 Å². The van der Waals surface area contributed by atoms with E-state index in [0.29, 0.717) is 23.1 Å². The molecule has 0 aliphatic carbocycles. The van der Waals surface area contributed by atoms with Gasteiger partial charge in [-0.1, -0.05) is 140 Å². The number of ether oxygens (including phenoxy) is 2. The van der Waals surface area contributed by atoms with Crippen molar-refractivity contribution in [1.82, 2.24) is 0 Å². The zero-order valence-electron chi connectivity index (χ0n) is 22.4. The topological polar surface area (TPSA) is 52.6 Å². The minimum atomic E-state index is -3.34. The molecule has 1 aliphatic heterocycles. The summed E-state index contributed by atoms with van der Waals surface area (Å²) in [5, 5.41) is 2.18. The quantitative estimate of drug-likeness (QED) is 0.145. The van der Waals surface area contributed by atoms with Crippen LogP contribution in [0.4, 0.5) is 0 Å². The predicted molar refractivity (Wildman–Crippen MR) is 164 cm³/mol. The smallest absolute Gasteiger partial charge is 0.338 e. The lowest BCUT2D eigenvalue weighted by Crippen LogP contribution is -2.25. The summed E-state index contributed by atoms with van der Waals surface area (Å²) in [5.74, 6) is 0.135. The van der Waals surface area contributed by atoms with Crippen LogP contribution in [0.5, 0.6) is 0 Å². The van der Waals surface area contributed by atoms with Crippen molar-refractivity contribution in [3.8, 4) is 0 Å². The van der Waals surface area contributed by atoms with Crippen LogP contribution >= 0.6 is 7.14 Å². The molecule has 4 nitrogen and oxygen atoms in total. The van der Waals surface area contributed by atoms with Crippen LogP contribution in [0.15, 0.2) is 157 Å². The van der Waals surface area contributed by atoms with Gasteiger partial charge in [0.05, 0.1) is 5.56 Å². The largest absolute Gasteiger partial charge is 0.485 e. The van der Waals surface area contributed by atoms with E-state index < -0.39 is 25.3 Å². The van der Waals surface area contributed by atoms with Crippen LogP contribution in [0, 0.1) is 0 Å². The van der Waals surface area contributed by atoms with Crippen LogP contribution in [0.25, 0.3) is 5.76 Å². The van der Waals surface area contributed by atoms with Crippen LogP contribution in [-0.4, -0.2) is 12.1 Å². The van der Waals surface area contributed by atoms with Crippen LogP contribution < -0.4 is 10.6 Å². The predicted octanol–water partition coefficient (Wildman–Crippen LogP) is 7.76. The van der Waals surface area contributed by atoms with Crippen LogP contribution in [-0.2, 0) is 14.0 Å². The first-order valence-corrected chi connectivity index (χ1v) is 15.3. The highest BCUT2D eigenvalue weighted by Gasteiger charge is 2.44. The van der Waals surface area contributed by atoms with Gasteiger partial charge in [0, 0.05) is 27.9 Å². The number of hydrogen-bond donors (Lipinski definition) is 0. The van der Waals surface area contributed by atoms with Gasteiger partial charge in [0.2, 0.25) is 0 Å². The number of carbonyl (C=O) groups is 1. The Morgan fingerprint density at radius 3 is 1.66 bits per heavy atom. The van der Waals surface area contributed by atoms with Gasteiger partial charge in [0.1, 0.15) is 11.9 Å². The molecule has 0 unspecified atom stereocenters. The molecule has 6 rings (SSSR count). The van der Waals surface area contributed by atoms with E-state index in [1.54, 1.807) is 12.1 Å². The molecule has 0 fully saturated rings. The maximum atomic E-state index is 15.5. The van der Waals surface area contributed by atoms with E-state index in [0.717, 1.165) is 21.7 Å². The summed E-state index contributed by atoms with van der Waals surface area (Å²) in [7, 11) is -3.34. The molecule has 0 aromatic heterocycles. The van der Waals surface area contributed by atoms with E-state index in [-0.39, 0.29) is 0 Å². The SMILES string of the molecule is O=C(O[C@@H](c1ccccc1)[C@@H]1CC(P(=O)(c2ccccc2)c2ccccc2)=C(c2ccccc2)O1)c1ccccc1.